The van der Waals surface area contributed by atoms with E-state index in [2.05, 4.69) is 38.3 Å². The van der Waals surface area contributed by atoms with Crippen LogP contribution in [0.3, 0.4) is 0 Å². The van der Waals surface area contributed by atoms with Gasteiger partial charge in [-0.2, -0.15) is 0 Å². The lowest BCUT2D eigenvalue weighted by molar-refractivity contribution is 0.122. The van der Waals surface area contributed by atoms with Crippen LogP contribution in [0.4, 0.5) is 0 Å². The second-order valence-corrected chi connectivity index (χ2v) is 5.65. The maximum atomic E-state index is 5.70. The van der Waals surface area contributed by atoms with Crippen molar-refractivity contribution in [2.24, 2.45) is 11.8 Å². The molecule has 1 aliphatic carbocycles. The second-order valence-electron chi connectivity index (χ2n) is 5.65. The lowest BCUT2D eigenvalue weighted by Crippen LogP contribution is -2.57. The van der Waals surface area contributed by atoms with Gasteiger partial charge in [0, 0.05) is 11.6 Å². The summed E-state index contributed by atoms with van der Waals surface area (Å²) in [6.07, 6.45) is 6.81. The van der Waals surface area contributed by atoms with Gasteiger partial charge in [0.05, 0.1) is 0 Å². The van der Waals surface area contributed by atoms with Crippen LogP contribution in [0.2, 0.25) is 0 Å². The molecule has 90 valence electrons. The molecule has 1 fully saturated rings. The van der Waals surface area contributed by atoms with Crippen molar-refractivity contribution in [2.45, 2.75) is 57.5 Å². The predicted molar refractivity (Wildman–Crippen MR) is 65.5 cm³/mol. The minimum atomic E-state index is 0.122. The van der Waals surface area contributed by atoms with Gasteiger partial charge >= 0.3 is 0 Å². The minimum Gasteiger partial charge on any atom is -0.303 e. The van der Waals surface area contributed by atoms with Gasteiger partial charge in [-0.25, -0.2) is 0 Å². The molecule has 0 bridgehead atoms. The molecule has 3 N–H and O–H groups in total. The Bertz CT molecular complexity index is 183. The molecule has 0 radical (unpaired) electrons. The largest absolute Gasteiger partial charge is 0.303 e. The van der Waals surface area contributed by atoms with Crippen LogP contribution in [0.25, 0.3) is 0 Å². The first-order valence-corrected chi connectivity index (χ1v) is 6.12. The summed E-state index contributed by atoms with van der Waals surface area (Å²) in [7, 11) is 4.25. The van der Waals surface area contributed by atoms with E-state index in [1.165, 1.54) is 32.1 Å². The molecule has 1 atom stereocenters. The lowest BCUT2D eigenvalue weighted by Gasteiger charge is -2.40. The van der Waals surface area contributed by atoms with Gasteiger partial charge in [-0.1, -0.05) is 25.7 Å². The lowest BCUT2D eigenvalue weighted by atomic mass is 9.85. The van der Waals surface area contributed by atoms with Crippen molar-refractivity contribution in [3.8, 4) is 0 Å². The third-order valence-electron chi connectivity index (χ3n) is 4.25. The normalized spacial score (nSPS) is 21.2. The number of nitrogens with zero attached hydrogens (tertiary/aromatic N) is 1. The number of nitrogens with two attached hydrogens (primary N) is 1. The molecule has 0 aromatic rings. The highest BCUT2D eigenvalue weighted by Crippen LogP contribution is 2.31. The van der Waals surface area contributed by atoms with E-state index in [1.54, 1.807) is 0 Å². The Hall–Kier alpha value is -0.120. The van der Waals surface area contributed by atoms with Gasteiger partial charge in [-0.3, -0.25) is 11.3 Å². The fraction of sp³-hybridized carbons (Fsp3) is 1.00. The average molecular weight is 213 g/mol. The standard InChI is InChI=1S/C12H27N3/c1-12(2,15(3)4)11(14-13)9-10-7-5-6-8-10/h10-11,14H,5-9,13H2,1-4H3. The van der Waals surface area contributed by atoms with E-state index < -0.39 is 0 Å². The van der Waals surface area contributed by atoms with E-state index in [-0.39, 0.29) is 5.54 Å². The highest BCUT2D eigenvalue weighted by atomic mass is 15.3. The number of hydrogen-bond acceptors (Lipinski definition) is 3. The molecule has 1 aliphatic rings. The minimum absolute atomic E-state index is 0.122. The first kappa shape index (κ1) is 12.9. The van der Waals surface area contributed by atoms with Gasteiger partial charge in [0.25, 0.3) is 0 Å². The van der Waals surface area contributed by atoms with Crippen LogP contribution < -0.4 is 11.3 Å². The SMILES string of the molecule is CN(C)C(C)(C)C(CC1CCCC1)NN. The van der Waals surface area contributed by atoms with E-state index in [0.29, 0.717) is 6.04 Å². The molecule has 0 spiro atoms. The van der Waals surface area contributed by atoms with Crippen LogP contribution in [-0.2, 0) is 0 Å². The number of likely N-dealkylation sites (N-methyl/N-ethyl adjacent to an activating group) is 1. The fourth-order valence-electron chi connectivity index (χ4n) is 2.45. The predicted octanol–water partition coefficient (Wildman–Crippen LogP) is 1.74. The summed E-state index contributed by atoms with van der Waals surface area (Å²) in [6, 6.07) is 0.385. The zero-order chi connectivity index (χ0) is 11.5. The number of nitrogens with one attached hydrogen (secondary N) is 1. The average Bonchev–Trinajstić information content (AvgIpc) is 2.65. The van der Waals surface area contributed by atoms with Gasteiger partial charge in [0.1, 0.15) is 0 Å². The van der Waals surface area contributed by atoms with Crippen molar-refractivity contribution in [1.82, 2.24) is 10.3 Å². The van der Waals surface area contributed by atoms with Crippen LogP contribution in [0.1, 0.15) is 46.0 Å². The first-order valence-electron chi connectivity index (χ1n) is 6.12. The van der Waals surface area contributed by atoms with Crippen molar-refractivity contribution in [3.05, 3.63) is 0 Å². The smallest absolute Gasteiger partial charge is 0.0391 e. The third kappa shape index (κ3) is 3.16. The molecular weight excluding hydrogens is 186 g/mol. The summed E-state index contributed by atoms with van der Waals surface area (Å²) >= 11 is 0. The van der Waals surface area contributed by atoms with Crippen molar-refractivity contribution >= 4 is 0 Å². The van der Waals surface area contributed by atoms with E-state index in [9.17, 15) is 0 Å². The Morgan fingerprint density at radius 1 is 1.33 bits per heavy atom. The third-order valence-corrected chi connectivity index (χ3v) is 4.25. The Labute approximate surface area is 94.4 Å². The fourth-order valence-corrected chi connectivity index (χ4v) is 2.45. The molecule has 0 aromatic carbocycles. The molecule has 0 aliphatic heterocycles. The molecular formula is C12H27N3. The summed E-state index contributed by atoms with van der Waals surface area (Å²) in [5.41, 5.74) is 3.13. The summed E-state index contributed by atoms with van der Waals surface area (Å²) in [5.74, 6) is 6.58. The summed E-state index contributed by atoms with van der Waals surface area (Å²) < 4.78 is 0. The highest BCUT2D eigenvalue weighted by Gasteiger charge is 2.33. The van der Waals surface area contributed by atoms with E-state index >= 15 is 0 Å². The molecule has 3 nitrogen and oxygen atoms in total. The van der Waals surface area contributed by atoms with Crippen LogP contribution in [0.15, 0.2) is 0 Å². The van der Waals surface area contributed by atoms with Gasteiger partial charge in [0.15, 0.2) is 0 Å². The number of rotatable bonds is 5. The quantitative estimate of drug-likeness (QED) is 0.540. The zero-order valence-corrected chi connectivity index (χ0v) is 10.7. The highest BCUT2D eigenvalue weighted by molar-refractivity contribution is 4.92. The molecule has 1 saturated carbocycles. The Morgan fingerprint density at radius 3 is 2.27 bits per heavy atom. The van der Waals surface area contributed by atoms with Crippen LogP contribution in [-0.4, -0.2) is 30.6 Å². The molecule has 3 heteroatoms. The summed E-state index contributed by atoms with van der Waals surface area (Å²) in [5, 5.41) is 0. The maximum absolute atomic E-state index is 5.70. The first-order chi connectivity index (χ1) is 6.98. The number of hydrazine groups is 1. The van der Waals surface area contributed by atoms with E-state index in [4.69, 9.17) is 5.84 Å². The van der Waals surface area contributed by atoms with Gasteiger partial charge in [-0.15, -0.1) is 0 Å². The van der Waals surface area contributed by atoms with Crippen molar-refractivity contribution in [2.75, 3.05) is 14.1 Å². The van der Waals surface area contributed by atoms with Crippen LogP contribution in [0, 0.1) is 5.92 Å². The van der Waals surface area contributed by atoms with Gasteiger partial charge in [0.2, 0.25) is 0 Å². The zero-order valence-electron chi connectivity index (χ0n) is 10.7. The van der Waals surface area contributed by atoms with Gasteiger partial charge in [-0.05, 0) is 40.3 Å². The van der Waals surface area contributed by atoms with Crippen molar-refractivity contribution in [3.63, 3.8) is 0 Å². The van der Waals surface area contributed by atoms with Gasteiger partial charge < -0.3 is 4.90 Å². The second kappa shape index (κ2) is 5.28. The Balaban J connectivity index is 2.53. The molecule has 0 saturated heterocycles. The molecule has 15 heavy (non-hydrogen) atoms. The topological polar surface area (TPSA) is 41.3 Å². The molecule has 0 heterocycles. The Morgan fingerprint density at radius 2 is 1.87 bits per heavy atom. The summed E-state index contributed by atoms with van der Waals surface area (Å²) in [6.45, 7) is 4.51. The van der Waals surface area contributed by atoms with Crippen LogP contribution in [0.5, 0.6) is 0 Å². The Kier molecular flexibility index (Phi) is 4.56. The molecule has 0 amide bonds. The molecule has 1 unspecified atom stereocenters. The van der Waals surface area contributed by atoms with Crippen molar-refractivity contribution in [1.29, 1.82) is 0 Å². The molecule has 0 aromatic heterocycles. The molecule has 1 rings (SSSR count). The van der Waals surface area contributed by atoms with E-state index in [0.717, 1.165) is 5.92 Å². The van der Waals surface area contributed by atoms with Crippen molar-refractivity contribution < 1.29 is 0 Å². The van der Waals surface area contributed by atoms with E-state index in [1.807, 2.05) is 0 Å². The number of hydrogen-bond donors (Lipinski definition) is 2. The maximum Gasteiger partial charge on any atom is 0.0391 e. The summed E-state index contributed by atoms with van der Waals surface area (Å²) in [4.78, 5) is 2.26. The van der Waals surface area contributed by atoms with Crippen LogP contribution >= 0.6 is 0 Å². The monoisotopic (exact) mass is 213 g/mol.